The molecule has 120 valence electrons. The van der Waals surface area contributed by atoms with Crippen molar-refractivity contribution in [3.05, 3.63) is 42.1 Å². The number of aromatic amines is 1. The highest BCUT2D eigenvalue weighted by Gasteiger charge is 2.35. The highest BCUT2D eigenvalue weighted by atomic mass is 19.4. The van der Waals surface area contributed by atoms with Gasteiger partial charge in [0.2, 0.25) is 0 Å². The lowest BCUT2D eigenvalue weighted by Gasteiger charge is -2.04. The molecular formula is C15H14F3N5. The molecule has 0 unspecified atom stereocenters. The standard InChI is InChI=1S/C15H14F3N5/c1-19-14-8-11(20-21-14)9-3-5-10(6-4-9)12-7-13(15(16,17)18)23(2)22-12/h3-8H,1-2H3,(H2,19,20,21). The third-order valence-electron chi connectivity index (χ3n) is 3.49. The molecule has 0 saturated heterocycles. The van der Waals surface area contributed by atoms with Gasteiger partial charge in [0, 0.05) is 31.3 Å². The van der Waals surface area contributed by atoms with Crippen LogP contribution < -0.4 is 5.32 Å². The van der Waals surface area contributed by atoms with E-state index < -0.39 is 11.9 Å². The average Bonchev–Trinajstić information content (AvgIpc) is 3.13. The van der Waals surface area contributed by atoms with E-state index in [2.05, 4.69) is 20.6 Å². The number of aromatic nitrogens is 4. The SMILES string of the molecule is CNc1cc(-c2ccc(-c3cc(C(F)(F)F)n(C)n3)cc2)n[nH]1. The van der Waals surface area contributed by atoms with Crippen LogP contribution in [0.1, 0.15) is 5.69 Å². The lowest BCUT2D eigenvalue weighted by molar-refractivity contribution is -0.143. The molecule has 0 fully saturated rings. The normalized spacial score (nSPS) is 11.7. The molecule has 0 atom stereocenters. The van der Waals surface area contributed by atoms with Gasteiger partial charge in [0.25, 0.3) is 0 Å². The van der Waals surface area contributed by atoms with Crippen molar-refractivity contribution in [3.8, 4) is 22.5 Å². The Morgan fingerprint density at radius 2 is 1.65 bits per heavy atom. The van der Waals surface area contributed by atoms with Gasteiger partial charge in [0.05, 0.1) is 11.4 Å². The number of alkyl halides is 3. The van der Waals surface area contributed by atoms with Crippen LogP contribution in [0.3, 0.4) is 0 Å². The van der Waals surface area contributed by atoms with E-state index in [1.165, 1.54) is 7.05 Å². The zero-order chi connectivity index (χ0) is 16.6. The molecule has 2 heterocycles. The summed E-state index contributed by atoms with van der Waals surface area (Å²) in [5.41, 5.74) is 1.73. The summed E-state index contributed by atoms with van der Waals surface area (Å²) in [6.07, 6.45) is -4.42. The van der Waals surface area contributed by atoms with E-state index in [1.807, 2.05) is 6.07 Å². The van der Waals surface area contributed by atoms with E-state index in [0.29, 0.717) is 5.56 Å². The quantitative estimate of drug-likeness (QED) is 0.776. The van der Waals surface area contributed by atoms with Gasteiger partial charge in [-0.2, -0.15) is 23.4 Å². The van der Waals surface area contributed by atoms with Gasteiger partial charge in [0.1, 0.15) is 11.5 Å². The number of nitrogens with zero attached hydrogens (tertiary/aromatic N) is 3. The Morgan fingerprint density at radius 1 is 1.04 bits per heavy atom. The van der Waals surface area contributed by atoms with Gasteiger partial charge in [-0.25, -0.2) is 0 Å². The van der Waals surface area contributed by atoms with Gasteiger partial charge >= 0.3 is 6.18 Å². The van der Waals surface area contributed by atoms with Crippen LogP contribution in [-0.2, 0) is 13.2 Å². The molecule has 0 spiro atoms. The number of rotatable bonds is 3. The van der Waals surface area contributed by atoms with Crippen molar-refractivity contribution in [2.75, 3.05) is 12.4 Å². The van der Waals surface area contributed by atoms with Crippen LogP contribution in [-0.4, -0.2) is 27.0 Å². The summed E-state index contributed by atoms with van der Waals surface area (Å²) in [6.45, 7) is 0. The molecule has 0 bridgehead atoms. The lowest BCUT2D eigenvalue weighted by Crippen LogP contribution is -2.11. The van der Waals surface area contributed by atoms with Gasteiger partial charge in [-0.15, -0.1) is 0 Å². The third kappa shape index (κ3) is 2.92. The maximum atomic E-state index is 12.8. The van der Waals surface area contributed by atoms with Crippen LogP contribution in [0, 0.1) is 0 Å². The van der Waals surface area contributed by atoms with Crippen LogP contribution >= 0.6 is 0 Å². The summed E-state index contributed by atoms with van der Waals surface area (Å²) < 4.78 is 39.3. The number of H-pyrrole nitrogens is 1. The molecule has 0 aliphatic carbocycles. The van der Waals surface area contributed by atoms with Crippen LogP contribution in [0.5, 0.6) is 0 Å². The molecule has 0 amide bonds. The van der Waals surface area contributed by atoms with Crippen LogP contribution in [0.25, 0.3) is 22.5 Å². The molecule has 0 aliphatic rings. The molecule has 1 aromatic carbocycles. The molecule has 0 saturated carbocycles. The minimum absolute atomic E-state index is 0.282. The van der Waals surface area contributed by atoms with E-state index in [-0.39, 0.29) is 5.69 Å². The number of nitrogens with one attached hydrogen (secondary N) is 2. The molecule has 3 rings (SSSR count). The summed E-state index contributed by atoms with van der Waals surface area (Å²) in [5, 5.41) is 13.9. The summed E-state index contributed by atoms with van der Waals surface area (Å²) in [4.78, 5) is 0. The second-order valence-electron chi connectivity index (χ2n) is 5.03. The zero-order valence-electron chi connectivity index (χ0n) is 12.4. The first-order chi connectivity index (χ1) is 10.9. The number of aryl methyl sites for hydroxylation is 1. The first-order valence-electron chi connectivity index (χ1n) is 6.83. The summed E-state index contributed by atoms with van der Waals surface area (Å²) >= 11 is 0. The smallest absolute Gasteiger partial charge is 0.374 e. The van der Waals surface area contributed by atoms with Crippen LogP contribution in [0.15, 0.2) is 36.4 Å². The molecule has 8 heteroatoms. The average molecular weight is 321 g/mol. The molecule has 0 aliphatic heterocycles. The zero-order valence-corrected chi connectivity index (χ0v) is 12.4. The van der Waals surface area contributed by atoms with E-state index in [4.69, 9.17) is 0 Å². The Labute approximate surface area is 130 Å². The Kier molecular flexibility index (Phi) is 3.59. The van der Waals surface area contributed by atoms with Gasteiger partial charge in [-0.3, -0.25) is 9.78 Å². The second kappa shape index (κ2) is 5.45. The van der Waals surface area contributed by atoms with Gasteiger partial charge in [0.15, 0.2) is 0 Å². The predicted molar refractivity (Wildman–Crippen MR) is 80.8 cm³/mol. The highest BCUT2D eigenvalue weighted by molar-refractivity contribution is 5.68. The van der Waals surface area contributed by atoms with Crippen LogP contribution in [0.4, 0.5) is 19.0 Å². The fourth-order valence-corrected chi connectivity index (χ4v) is 2.28. The summed E-state index contributed by atoms with van der Waals surface area (Å²) in [6, 6.07) is 9.94. The molecule has 2 aromatic heterocycles. The largest absolute Gasteiger partial charge is 0.433 e. The van der Waals surface area contributed by atoms with E-state index in [1.54, 1.807) is 31.3 Å². The molecular weight excluding hydrogens is 307 g/mol. The van der Waals surface area contributed by atoms with E-state index in [9.17, 15) is 13.2 Å². The Balaban J connectivity index is 1.90. The van der Waals surface area contributed by atoms with Crippen molar-refractivity contribution in [2.45, 2.75) is 6.18 Å². The highest BCUT2D eigenvalue weighted by Crippen LogP contribution is 2.32. The number of anilines is 1. The maximum absolute atomic E-state index is 12.8. The molecule has 23 heavy (non-hydrogen) atoms. The Hall–Kier alpha value is -2.77. The molecule has 3 aromatic rings. The third-order valence-corrected chi connectivity index (χ3v) is 3.49. The van der Waals surface area contributed by atoms with Crippen molar-refractivity contribution in [3.63, 3.8) is 0 Å². The number of benzene rings is 1. The van der Waals surface area contributed by atoms with Crippen molar-refractivity contribution in [2.24, 2.45) is 7.05 Å². The number of halogens is 3. The molecule has 0 radical (unpaired) electrons. The Bertz CT molecular complexity index is 815. The topological polar surface area (TPSA) is 58.5 Å². The maximum Gasteiger partial charge on any atom is 0.433 e. The number of hydrogen-bond donors (Lipinski definition) is 2. The van der Waals surface area contributed by atoms with E-state index >= 15 is 0 Å². The molecule has 2 N–H and O–H groups in total. The van der Waals surface area contributed by atoms with Crippen molar-refractivity contribution < 1.29 is 13.2 Å². The monoisotopic (exact) mass is 321 g/mol. The minimum Gasteiger partial charge on any atom is -0.374 e. The number of hydrogen-bond acceptors (Lipinski definition) is 3. The molecule has 5 nitrogen and oxygen atoms in total. The lowest BCUT2D eigenvalue weighted by atomic mass is 10.1. The first-order valence-corrected chi connectivity index (χ1v) is 6.83. The van der Waals surface area contributed by atoms with Gasteiger partial charge in [-0.05, 0) is 6.07 Å². The van der Waals surface area contributed by atoms with Crippen LogP contribution in [0.2, 0.25) is 0 Å². The summed E-state index contributed by atoms with van der Waals surface area (Å²) in [5.74, 6) is 0.781. The van der Waals surface area contributed by atoms with Crippen molar-refractivity contribution in [1.82, 2.24) is 20.0 Å². The first kappa shape index (κ1) is 15.1. The minimum atomic E-state index is -4.42. The fraction of sp³-hybridized carbons (Fsp3) is 0.200. The van der Waals surface area contributed by atoms with Gasteiger partial charge in [-0.1, -0.05) is 24.3 Å². The summed E-state index contributed by atoms with van der Waals surface area (Å²) in [7, 11) is 3.06. The van der Waals surface area contributed by atoms with Crippen molar-refractivity contribution >= 4 is 5.82 Å². The van der Waals surface area contributed by atoms with E-state index in [0.717, 1.165) is 27.8 Å². The Morgan fingerprint density at radius 3 is 2.13 bits per heavy atom. The fourth-order valence-electron chi connectivity index (χ4n) is 2.28. The van der Waals surface area contributed by atoms with Gasteiger partial charge < -0.3 is 5.32 Å². The predicted octanol–water partition coefficient (Wildman–Crippen LogP) is 3.54. The van der Waals surface area contributed by atoms with Crippen molar-refractivity contribution in [1.29, 1.82) is 0 Å². The second-order valence-corrected chi connectivity index (χ2v) is 5.03.